The summed E-state index contributed by atoms with van der Waals surface area (Å²) in [6, 6.07) is 2.11. The van der Waals surface area contributed by atoms with Crippen LogP contribution in [0.2, 0.25) is 0 Å². The Morgan fingerprint density at radius 1 is 1.26 bits per heavy atom. The fourth-order valence-electron chi connectivity index (χ4n) is 1.73. The lowest BCUT2D eigenvalue weighted by atomic mass is 10.2. The van der Waals surface area contributed by atoms with Gasteiger partial charge in [0.15, 0.2) is 11.6 Å². The van der Waals surface area contributed by atoms with E-state index in [0.717, 1.165) is 12.1 Å². The van der Waals surface area contributed by atoms with Gasteiger partial charge in [-0.25, -0.2) is 8.78 Å². The van der Waals surface area contributed by atoms with Gasteiger partial charge in [0.2, 0.25) is 5.91 Å². The molecule has 0 saturated carbocycles. The zero-order chi connectivity index (χ0) is 14.6. The van der Waals surface area contributed by atoms with Crippen molar-refractivity contribution in [3.63, 3.8) is 0 Å². The predicted molar refractivity (Wildman–Crippen MR) is 72.0 cm³/mol. The summed E-state index contributed by atoms with van der Waals surface area (Å²) in [5.74, 6) is -1.72. The van der Waals surface area contributed by atoms with Gasteiger partial charge in [-0.3, -0.25) is 4.79 Å². The molecule has 0 fully saturated rings. The zero-order valence-corrected chi connectivity index (χ0v) is 11.4. The molecule has 0 heterocycles. The maximum atomic E-state index is 13.8. The summed E-state index contributed by atoms with van der Waals surface area (Å²) in [7, 11) is 3.20. The number of hydrogen-bond donors (Lipinski definition) is 1. The minimum atomic E-state index is -0.752. The van der Waals surface area contributed by atoms with Gasteiger partial charge in [0.05, 0.1) is 6.54 Å². The van der Waals surface area contributed by atoms with Crippen molar-refractivity contribution in [3.8, 4) is 0 Å². The normalized spacial score (nSPS) is 10.4. The van der Waals surface area contributed by atoms with E-state index in [2.05, 4.69) is 0 Å². The lowest BCUT2D eigenvalue weighted by molar-refractivity contribution is -0.127. The van der Waals surface area contributed by atoms with Crippen LogP contribution in [0.4, 0.5) is 20.2 Å². The van der Waals surface area contributed by atoms with Crippen LogP contribution in [0.25, 0.3) is 0 Å². The van der Waals surface area contributed by atoms with Crippen LogP contribution in [0.5, 0.6) is 0 Å². The van der Waals surface area contributed by atoms with Crippen molar-refractivity contribution in [3.05, 3.63) is 23.8 Å². The van der Waals surface area contributed by atoms with Crippen molar-refractivity contribution in [2.24, 2.45) is 0 Å². The summed E-state index contributed by atoms with van der Waals surface area (Å²) >= 11 is 0. The highest BCUT2D eigenvalue weighted by molar-refractivity contribution is 5.81. The van der Waals surface area contributed by atoms with Crippen LogP contribution < -0.4 is 10.6 Å². The molecule has 0 bridgehead atoms. The SMILES string of the molecule is CCCN(CC(=O)N(C)C)c1c(F)cc(N)cc1F. The number of benzene rings is 1. The maximum Gasteiger partial charge on any atom is 0.241 e. The van der Waals surface area contributed by atoms with Gasteiger partial charge in [0.1, 0.15) is 5.69 Å². The molecule has 0 radical (unpaired) electrons. The Hall–Kier alpha value is -1.85. The number of nitrogen functional groups attached to an aromatic ring is 1. The van der Waals surface area contributed by atoms with E-state index in [1.54, 1.807) is 14.1 Å². The van der Waals surface area contributed by atoms with E-state index >= 15 is 0 Å². The molecular formula is C13H19F2N3O. The van der Waals surface area contributed by atoms with Gasteiger partial charge in [0.25, 0.3) is 0 Å². The quantitative estimate of drug-likeness (QED) is 0.831. The van der Waals surface area contributed by atoms with Gasteiger partial charge in [-0.15, -0.1) is 0 Å². The Bertz CT molecular complexity index is 440. The van der Waals surface area contributed by atoms with Gasteiger partial charge in [-0.1, -0.05) is 6.92 Å². The van der Waals surface area contributed by atoms with Gasteiger partial charge in [0, 0.05) is 26.3 Å². The number of nitrogens with two attached hydrogens (primary N) is 1. The monoisotopic (exact) mass is 271 g/mol. The number of halogens is 2. The predicted octanol–water partition coefficient (Wildman–Crippen LogP) is 1.85. The molecule has 106 valence electrons. The molecule has 0 spiro atoms. The van der Waals surface area contributed by atoms with E-state index in [9.17, 15) is 13.6 Å². The second kappa shape index (κ2) is 6.36. The highest BCUT2D eigenvalue weighted by Gasteiger charge is 2.20. The van der Waals surface area contributed by atoms with Gasteiger partial charge >= 0.3 is 0 Å². The molecule has 1 amide bonds. The summed E-state index contributed by atoms with van der Waals surface area (Å²) in [6.07, 6.45) is 0.671. The van der Waals surface area contributed by atoms with Crippen LogP contribution in [0.1, 0.15) is 13.3 Å². The average Bonchev–Trinajstić information content (AvgIpc) is 2.27. The van der Waals surface area contributed by atoms with E-state index in [0.29, 0.717) is 13.0 Å². The summed E-state index contributed by atoms with van der Waals surface area (Å²) in [5.41, 5.74) is 5.20. The maximum absolute atomic E-state index is 13.8. The van der Waals surface area contributed by atoms with Gasteiger partial charge in [-0.05, 0) is 18.6 Å². The van der Waals surface area contributed by atoms with Crippen LogP contribution in [-0.2, 0) is 4.79 Å². The number of anilines is 2. The first-order chi connectivity index (χ1) is 8.86. The van der Waals surface area contributed by atoms with Crippen LogP contribution in [0.15, 0.2) is 12.1 Å². The molecule has 0 aromatic heterocycles. The highest BCUT2D eigenvalue weighted by atomic mass is 19.1. The second-order valence-corrected chi connectivity index (χ2v) is 4.54. The van der Waals surface area contributed by atoms with Crippen molar-refractivity contribution in [2.45, 2.75) is 13.3 Å². The molecule has 0 atom stereocenters. The number of hydrogen-bond acceptors (Lipinski definition) is 3. The molecule has 6 heteroatoms. The Balaban J connectivity index is 3.09. The minimum Gasteiger partial charge on any atom is -0.399 e. The van der Waals surface area contributed by atoms with Crippen LogP contribution >= 0.6 is 0 Å². The van der Waals surface area contributed by atoms with E-state index in [1.165, 1.54) is 9.80 Å². The van der Waals surface area contributed by atoms with Crippen LogP contribution in [-0.4, -0.2) is 38.0 Å². The molecule has 1 aromatic rings. The van der Waals surface area contributed by atoms with Crippen molar-refractivity contribution in [2.75, 3.05) is 37.8 Å². The van der Waals surface area contributed by atoms with Crippen molar-refractivity contribution < 1.29 is 13.6 Å². The highest BCUT2D eigenvalue weighted by Crippen LogP contribution is 2.26. The third-order valence-electron chi connectivity index (χ3n) is 2.67. The van der Waals surface area contributed by atoms with Gasteiger partial charge < -0.3 is 15.5 Å². The molecule has 0 saturated heterocycles. The first kappa shape index (κ1) is 15.2. The smallest absolute Gasteiger partial charge is 0.241 e. The number of rotatable bonds is 5. The molecule has 2 N–H and O–H groups in total. The number of carbonyl (C=O) groups excluding carboxylic acids is 1. The average molecular weight is 271 g/mol. The first-order valence-corrected chi connectivity index (χ1v) is 6.06. The van der Waals surface area contributed by atoms with E-state index in [4.69, 9.17) is 5.73 Å². The fourth-order valence-corrected chi connectivity index (χ4v) is 1.73. The molecule has 1 aromatic carbocycles. The molecule has 4 nitrogen and oxygen atoms in total. The molecular weight excluding hydrogens is 252 g/mol. The summed E-state index contributed by atoms with van der Waals surface area (Å²) < 4.78 is 27.7. The van der Waals surface area contributed by atoms with Gasteiger partial charge in [-0.2, -0.15) is 0 Å². The second-order valence-electron chi connectivity index (χ2n) is 4.54. The Kier molecular flexibility index (Phi) is 5.09. The molecule has 1 rings (SSSR count). The summed E-state index contributed by atoms with van der Waals surface area (Å²) in [5, 5.41) is 0. The van der Waals surface area contributed by atoms with E-state index in [1.807, 2.05) is 6.92 Å². The van der Waals surface area contributed by atoms with Crippen molar-refractivity contribution in [1.82, 2.24) is 4.90 Å². The molecule has 19 heavy (non-hydrogen) atoms. The van der Waals surface area contributed by atoms with E-state index in [-0.39, 0.29) is 23.8 Å². The molecule has 0 aliphatic rings. The van der Waals surface area contributed by atoms with Crippen molar-refractivity contribution in [1.29, 1.82) is 0 Å². The van der Waals surface area contributed by atoms with Crippen molar-refractivity contribution >= 4 is 17.3 Å². The minimum absolute atomic E-state index is 0.0223. The van der Waals surface area contributed by atoms with Crippen LogP contribution in [0.3, 0.4) is 0 Å². The van der Waals surface area contributed by atoms with E-state index < -0.39 is 11.6 Å². The Morgan fingerprint density at radius 3 is 2.21 bits per heavy atom. The molecule has 0 aliphatic carbocycles. The Labute approximate surface area is 111 Å². The first-order valence-electron chi connectivity index (χ1n) is 6.06. The Morgan fingerprint density at radius 2 is 1.79 bits per heavy atom. The molecule has 0 aliphatic heterocycles. The third-order valence-corrected chi connectivity index (χ3v) is 2.67. The number of likely N-dealkylation sites (N-methyl/N-ethyl adjacent to an activating group) is 1. The lowest BCUT2D eigenvalue weighted by Gasteiger charge is -2.26. The third kappa shape index (κ3) is 3.81. The lowest BCUT2D eigenvalue weighted by Crippen LogP contribution is -2.38. The standard InChI is InChI=1S/C13H19F2N3O/c1-4-5-18(8-12(19)17(2)3)13-10(14)6-9(16)7-11(13)15/h6-7H,4-5,8,16H2,1-3H3. The summed E-state index contributed by atoms with van der Waals surface area (Å²) in [6.45, 7) is 2.19. The zero-order valence-electron chi connectivity index (χ0n) is 11.4. The number of carbonyl (C=O) groups is 1. The van der Waals surface area contributed by atoms with Crippen LogP contribution in [0, 0.1) is 11.6 Å². The summed E-state index contributed by atoms with van der Waals surface area (Å²) in [4.78, 5) is 14.5. The number of nitrogens with zero attached hydrogens (tertiary/aromatic N) is 2. The largest absolute Gasteiger partial charge is 0.399 e. The fraction of sp³-hybridized carbons (Fsp3) is 0.462. The number of amides is 1. The topological polar surface area (TPSA) is 49.6 Å². The molecule has 0 unspecified atom stereocenters.